The molecule has 114 valence electrons. The van der Waals surface area contributed by atoms with E-state index in [2.05, 4.69) is 5.32 Å². The Kier molecular flexibility index (Phi) is 4.37. The van der Waals surface area contributed by atoms with Gasteiger partial charge in [-0.1, -0.05) is 18.5 Å². The van der Waals surface area contributed by atoms with Crippen LogP contribution in [0, 0.1) is 11.2 Å². The summed E-state index contributed by atoms with van der Waals surface area (Å²) in [7, 11) is 0. The minimum absolute atomic E-state index is 0.147. The molecule has 1 aromatic carbocycles. The van der Waals surface area contributed by atoms with Gasteiger partial charge in [0.2, 0.25) is 0 Å². The van der Waals surface area contributed by atoms with Gasteiger partial charge in [-0.3, -0.25) is 4.79 Å². The van der Waals surface area contributed by atoms with Crippen LogP contribution in [0.4, 0.5) is 14.9 Å². The molecule has 0 saturated carbocycles. The Bertz CT molecular complexity index is 561. The van der Waals surface area contributed by atoms with Gasteiger partial charge in [0.1, 0.15) is 5.82 Å². The number of carboxylic acids is 1. The first-order valence-electron chi connectivity index (χ1n) is 6.62. The van der Waals surface area contributed by atoms with Crippen molar-refractivity contribution >= 4 is 29.3 Å². The van der Waals surface area contributed by atoms with E-state index in [-0.39, 0.29) is 17.3 Å². The number of carboxylic acid groups (broad SMARTS) is 1. The number of hydrogen-bond acceptors (Lipinski definition) is 2. The van der Waals surface area contributed by atoms with E-state index in [1.54, 1.807) is 6.92 Å². The van der Waals surface area contributed by atoms with Crippen molar-refractivity contribution in [3.05, 3.63) is 29.0 Å². The van der Waals surface area contributed by atoms with E-state index in [9.17, 15) is 19.1 Å². The van der Waals surface area contributed by atoms with Crippen LogP contribution in [0.5, 0.6) is 0 Å². The van der Waals surface area contributed by atoms with E-state index in [1.165, 1.54) is 11.0 Å². The average molecular weight is 315 g/mol. The number of nitrogens with one attached hydrogen (secondary N) is 1. The summed E-state index contributed by atoms with van der Waals surface area (Å²) < 4.78 is 13.2. The summed E-state index contributed by atoms with van der Waals surface area (Å²) in [6, 6.07) is 3.28. The fourth-order valence-corrected chi connectivity index (χ4v) is 2.71. The number of aliphatic carboxylic acids is 1. The van der Waals surface area contributed by atoms with E-state index in [0.717, 1.165) is 12.1 Å². The van der Waals surface area contributed by atoms with Crippen LogP contribution < -0.4 is 5.32 Å². The minimum Gasteiger partial charge on any atom is -0.481 e. The topological polar surface area (TPSA) is 69.6 Å². The van der Waals surface area contributed by atoms with Crippen molar-refractivity contribution in [1.29, 1.82) is 0 Å². The molecule has 1 atom stereocenters. The van der Waals surface area contributed by atoms with Gasteiger partial charge in [-0.2, -0.15) is 0 Å². The highest BCUT2D eigenvalue weighted by Crippen LogP contribution is 2.34. The van der Waals surface area contributed by atoms with Crippen molar-refractivity contribution in [3.63, 3.8) is 0 Å². The largest absolute Gasteiger partial charge is 0.481 e. The number of benzene rings is 1. The molecule has 0 aliphatic carbocycles. The van der Waals surface area contributed by atoms with Crippen molar-refractivity contribution in [2.45, 2.75) is 19.8 Å². The van der Waals surface area contributed by atoms with Gasteiger partial charge in [-0.05, 0) is 31.0 Å². The quantitative estimate of drug-likeness (QED) is 0.900. The minimum atomic E-state index is -0.894. The molecule has 2 rings (SSSR count). The SMILES string of the molecule is CCC1(C(=O)O)CCN(C(=O)Nc2cc(F)cc(Cl)c2)C1. The molecule has 0 spiro atoms. The van der Waals surface area contributed by atoms with Gasteiger partial charge < -0.3 is 15.3 Å². The number of halogens is 2. The third-order valence-corrected chi connectivity index (χ3v) is 4.10. The van der Waals surface area contributed by atoms with Crippen LogP contribution in [0.15, 0.2) is 18.2 Å². The van der Waals surface area contributed by atoms with Gasteiger partial charge in [0.25, 0.3) is 0 Å². The molecular formula is C14H16ClFN2O3. The number of rotatable bonds is 3. The third kappa shape index (κ3) is 3.26. The first-order chi connectivity index (χ1) is 9.86. The molecule has 0 radical (unpaired) electrons. The molecule has 5 nitrogen and oxygen atoms in total. The van der Waals surface area contributed by atoms with E-state index in [0.29, 0.717) is 19.4 Å². The van der Waals surface area contributed by atoms with Gasteiger partial charge in [0, 0.05) is 23.8 Å². The highest BCUT2D eigenvalue weighted by molar-refractivity contribution is 6.30. The molecule has 2 amide bonds. The summed E-state index contributed by atoms with van der Waals surface area (Å²) in [4.78, 5) is 24.9. The predicted molar refractivity (Wildman–Crippen MR) is 77.0 cm³/mol. The Morgan fingerprint density at radius 2 is 2.19 bits per heavy atom. The van der Waals surface area contributed by atoms with Crippen molar-refractivity contribution in [2.24, 2.45) is 5.41 Å². The number of nitrogens with zero attached hydrogens (tertiary/aromatic N) is 1. The van der Waals surface area contributed by atoms with Crippen LogP contribution in [-0.4, -0.2) is 35.1 Å². The number of carbonyl (C=O) groups is 2. The van der Waals surface area contributed by atoms with E-state index < -0.39 is 23.2 Å². The van der Waals surface area contributed by atoms with Crippen LogP contribution in [-0.2, 0) is 4.79 Å². The van der Waals surface area contributed by atoms with Gasteiger partial charge in [-0.15, -0.1) is 0 Å². The van der Waals surface area contributed by atoms with E-state index in [4.69, 9.17) is 11.6 Å². The van der Waals surface area contributed by atoms with Gasteiger partial charge in [0.05, 0.1) is 5.41 Å². The molecule has 1 unspecified atom stereocenters. The fraction of sp³-hybridized carbons (Fsp3) is 0.429. The molecule has 2 N–H and O–H groups in total. The Labute approximate surface area is 126 Å². The van der Waals surface area contributed by atoms with Gasteiger partial charge in [-0.25, -0.2) is 9.18 Å². The second-order valence-corrected chi connectivity index (χ2v) is 5.64. The number of urea groups is 1. The first kappa shape index (κ1) is 15.6. The maximum Gasteiger partial charge on any atom is 0.321 e. The second-order valence-electron chi connectivity index (χ2n) is 5.20. The number of anilines is 1. The molecule has 1 aromatic rings. The number of carbonyl (C=O) groups excluding carboxylic acids is 1. The summed E-state index contributed by atoms with van der Waals surface area (Å²) in [5.74, 6) is -1.44. The highest BCUT2D eigenvalue weighted by atomic mass is 35.5. The molecule has 1 fully saturated rings. The zero-order valence-corrected chi connectivity index (χ0v) is 12.3. The van der Waals surface area contributed by atoms with Crippen LogP contribution in [0.25, 0.3) is 0 Å². The second kappa shape index (κ2) is 5.89. The number of amides is 2. The third-order valence-electron chi connectivity index (χ3n) is 3.89. The van der Waals surface area contributed by atoms with Crippen LogP contribution >= 0.6 is 11.6 Å². The maximum atomic E-state index is 13.2. The summed E-state index contributed by atoms with van der Waals surface area (Å²) in [6.07, 6.45) is 0.869. The smallest absolute Gasteiger partial charge is 0.321 e. The standard InChI is InChI=1S/C14H16ClFN2O3/c1-2-14(12(19)20)3-4-18(8-14)13(21)17-11-6-9(15)5-10(16)7-11/h5-7H,2-4,8H2,1H3,(H,17,21)(H,19,20). The zero-order chi connectivity index (χ0) is 15.6. The molecule has 1 saturated heterocycles. The normalized spacial score (nSPS) is 21.4. The van der Waals surface area contributed by atoms with Crippen molar-refractivity contribution in [3.8, 4) is 0 Å². The van der Waals surface area contributed by atoms with Gasteiger partial charge in [0.15, 0.2) is 0 Å². The van der Waals surface area contributed by atoms with Crippen molar-refractivity contribution in [2.75, 3.05) is 18.4 Å². The fourth-order valence-electron chi connectivity index (χ4n) is 2.49. The summed E-state index contributed by atoms with van der Waals surface area (Å²) in [5.41, 5.74) is -0.647. The van der Waals surface area contributed by atoms with Crippen LogP contribution in [0.1, 0.15) is 19.8 Å². The summed E-state index contributed by atoms with van der Waals surface area (Å²) in [5, 5.41) is 12.0. The van der Waals surface area contributed by atoms with Gasteiger partial charge >= 0.3 is 12.0 Å². The monoisotopic (exact) mass is 314 g/mol. The maximum absolute atomic E-state index is 13.2. The Morgan fingerprint density at radius 3 is 2.71 bits per heavy atom. The lowest BCUT2D eigenvalue weighted by atomic mass is 9.84. The lowest BCUT2D eigenvalue weighted by Gasteiger charge is -2.23. The van der Waals surface area contributed by atoms with E-state index in [1.807, 2.05) is 0 Å². The molecule has 7 heteroatoms. The lowest BCUT2D eigenvalue weighted by molar-refractivity contribution is -0.148. The molecule has 0 bridgehead atoms. The number of hydrogen-bond donors (Lipinski definition) is 2. The summed E-state index contributed by atoms with van der Waals surface area (Å²) >= 11 is 5.72. The highest BCUT2D eigenvalue weighted by Gasteiger charge is 2.44. The first-order valence-corrected chi connectivity index (χ1v) is 6.99. The van der Waals surface area contributed by atoms with Crippen LogP contribution in [0.3, 0.4) is 0 Å². The molecule has 1 heterocycles. The number of likely N-dealkylation sites (tertiary alicyclic amines) is 1. The van der Waals surface area contributed by atoms with E-state index >= 15 is 0 Å². The zero-order valence-electron chi connectivity index (χ0n) is 11.5. The Hall–Kier alpha value is -1.82. The summed E-state index contributed by atoms with van der Waals surface area (Å²) in [6.45, 7) is 2.30. The molecule has 1 aliphatic rings. The lowest BCUT2D eigenvalue weighted by Crippen LogP contribution is -2.38. The predicted octanol–water partition coefficient (Wildman–Crippen LogP) is 3.20. The van der Waals surface area contributed by atoms with Crippen molar-refractivity contribution < 1.29 is 19.1 Å². The average Bonchev–Trinajstić information content (AvgIpc) is 2.83. The Balaban J connectivity index is 2.07. The Morgan fingerprint density at radius 1 is 1.48 bits per heavy atom. The molecular weight excluding hydrogens is 299 g/mol. The van der Waals surface area contributed by atoms with Crippen LogP contribution in [0.2, 0.25) is 5.02 Å². The van der Waals surface area contributed by atoms with Crippen molar-refractivity contribution in [1.82, 2.24) is 4.90 Å². The molecule has 1 aliphatic heterocycles. The molecule has 21 heavy (non-hydrogen) atoms. The molecule has 0 aromatic heterocycles.